The summed E-state index contributed by atoms with van der Waals surface area (Å²) in [5.74, 6) is -1.43. The molecule has 2 aliphatic heterocycles. The molecular weight excluding hydrogens is 382 g/mol. The van der Waals surface area contributed by atoms with Crippen molar-refractivity contribution in [2.24, 2.45) is 0 Å². The molecule has 0 bridgehead atoms. The number of imide groups is 2. The number of benzene rings is 2. The lowest BCUT2D eigenvalue weighted by molar-refractivity contribution is 0.0630. The third-order valence-electron chi connectivity index (χ3n) is 5.26. The fourth-order valence-corrected chi connectivity index (χ4v) is 3.79. The zero-order valence-corrected chi connectivity index (χ0v) is 15.7. The molecule has 0 fully saturated rings. The number of hydrogen-bond acceptors (Lipinski definition) is 5. The van der Waals surface area contributed by atoms with Crippen LogP contribution in [0.5, 0.6) is 0 Å². The Morgan fingerprint density at radius 3 is 1.17 bits per heavy atom. The van der Waals surface area contributed by atoms with Gasteiger partial charge in [0.2, 0.25) is 0 Å². The molecule has 0 saturated heterocycles. The monoisotopic (exact) mass is 397 g/mol. The maximum Gasteiger partial charge on any atom is 0.261 e. The molecule has 5 rings (SSSR count). The summed E-state index contributed by atoms with van der Waals surface area (Å²) in [4.78, 5) is 57.0. The van der Waals surface area contributed by atoms with Crippen LogP contribution in [0.15, 0.2) is 66.7 Å². The molecule has 1 aromatic heterocycles. The Kier molecular flexibility index (Phi) is 4.03. The predicted octanol–water partition coefficient (Wildman–Crippen LogP) is 2.67. The number of nitrogens with zero attached hydrogens (tertiary/aromatic N) is 3. The van der Waals surface area contributed by atoms with Gasteiger partial charge in [0.05, 0.1) is 46.7 Å². The molecule has 0 atom stereocenters. The molecule has 0 saturated carbocycles. The topological polar surface area (TPSA) is 87.7 Å². The Hall–Kier alpha value is -4.13. The zero-order valence-electron chi connectivity index (χ0n) is 15.7. The van der Waals surface area contributed by atoms with E-state index < -0.39 is 0 Å². The third kappa shape index (κ3) is 2.71. The van der Waals surface area contributed by atoms with Gasteiger partial charge in [-0.25, -0.2) is 0 Å². The van der Waals surface area contributed by atoms with Crippen LogP contribution >= 0.6 is 0 Å². The Bertz CT molecular complexity index is 1090. The molecule has 0 spiro atoms. The molecule has 0 N–H and O–H groups in total. The first-order valence-corrected chi connectivity index (χ1v) is 9.40. The average Bonchev–Trinajstić information content (AvgIpc) is 3.15. The molecule has 7 heteroatoms. The smallest absolute Gasteiger partial charge is 0.261 e. The summed E-state index contributed by atoms with van der Waals surface area (Å²) in [5.41, 5.74) is 2.51. The van der Waals surface area contributed by atoms with Crippen LogP contribution in [0.3, 0.4) is 0 Å². The van der Waals surface area contributed by atoms with Gasteiger partial charge in [0.25, 0.3) is 23.6 Å². The molecular formula is C23H15N3O4. The molecule has 0 radical (unpaired) electrons. The van der Waals surface area contributed by atoms with Crippen molar-refractivity contribution in [3.8, 4) is 0 Å². The van der Waals surface area contributed by atoms with E-state index in [9.17, 15) is 19.2 Å². The number of pyridine rings is 1. The Morgan fingerprint density at radius 1 is 0.500 bits per heavy atom. The van der Waals surface area contributed by atoms with Crippen LogP contribution in [0, 0.1) is 0 Å². The van der Waals surface area contributed by atoms with E-state index in [-0.39, 0.29) is 36.7 Å². The van der Waals surface area contributed by atoms with Gasteiger partial charge in [-0.05, 0) is 36.4 Å². The number of hydrogen-bond donors (Lipinski definition) is 0. The maximum absolute atomic E-state index is 12.6. The number of aromatic nitrogens is 1. The van der Waals surface area contributed by atoms with Gasteiger partial charge in [-0.1, -0.05) is 30.3 Å². The second-order valence-electron chi connectivity index (χ2n) is 7.10. The van der Waals surface area contributed by atoms with Gasteiger partial charge in [-0.15, -0.1) is 0 Å². The summed E-state index contributed by atoms with van der Waals surface area (Å²) in [6, 6.07) is 18.5. The quantitative estimate of drug-likeness (QED) is 0.632. The molecule has 3 heterocycles. The highest BCUT2D eigenvalue weighted by atomic mass is 16.2. The zero-order chi connectivity index (χ0) is 20.8. The van der Waals surface area contributed by atoms with Gasteiger partial charge >= 0.3 is 0 Å². The largest absolute Gasteiger partial charge is 0.269 e. The van der Waals surface area contributed by atoms with Crippen molar-refractivity contribution in [1.29, 1.82) is 0 Å². The summed E-state index contributed by atoms with van der Waals surface area (Å²) < 4.78 is 0. The van der Waals surface area contributed by atoms with Crippen LogP contribution in [-0.2, 0) is 13.1 Å². The van der Waals surface area contributed by atoms with Crippen molar-refractivity contribution in [3.63, 3.8) is 0 Å². The number of carbonyl (C=O) groups excluding carboxylic acids is 4. The van der Waals surface area contributed by atoms with Gasteiger partial charge in [0.1, 0.15) is 0 Å². The molecule has 2 aliphatic rings. The Balaban J connectivity index is 1.36. The van der Waals surface area contributed by atoms with E-state index in [1.54, 1.807) is 66.7 Å². The highest BCUT2D eigenvalue weighted by Crippen LogP contribution is 2.25. The van der Waals surface area contributed by atoms with Crippen LogP contribution in [-0.4, -0.2) is 38.4 Å². The van der Waals surface area contributed by atoms with Crippen molar-refractivity contribution in [3.05, 3.63) is 100 Å². The Labute approximate surface area is 171 Å². The SMILES string of the molecule is O=C1c2ccccc2C(=O)N1Cc1cccc(CN2C(=O)c3ccccc3C2=O)n1. The molecule has 3 aromatic rings. The molecule has 0 unspecified atom stereocenters. The summed E-state index contributed by atoms with van der Waals surface area (Å²) in [5, 5.41) is 0. The minimum atomic E-state index is -0.358. The number of carbonyl (C=O) groups is 4. The highest BCUT2D eigenvalue weighted by Gasteiger charge is 2.36. The fourth-order valence-electron chi connectivity index (χ4n) is 3.79. The van der Waals surface area contributed by atoms with Gasteiger partial charge in [0.15, 0.2) is 0 Å². The van der Waals surface area contributed by atoms with Gasteiger partial charge in [-0.3, -0.25) is 34.0 Å². The van der Waals surface area contributed by atoms with Gasteiger partial charge in [-0.2, -0.15) is 0 Å². The van der Waals surface area contributed by atoms with E-state index >= 15 is 0 Å². The van der Waals surface area contributed by atoms with Crippen LogP contribution in [0.25, 0.3) is 0 Å². The van der Waals surface area contributed by atoms with Gasteiger partial charge < -0.3 is 0 Å². The maximum atomic E-state index is 12.6. The lowest BCUT2D eigenvalue weighted by atomic mass is 10.1. The summed E-state index contributed by atoms with van der Waals surface area (Å²) >= 11 is 0. The number of fused-ring (bicyclic) bond motifs is 2. The first-order valence-electron chi connectivity index (χ1n) is 9.40. The molecule has 2 aromatic carbocycles. The van der Waals surface area contributed by atoms with Crippen LogP contribution in [0.4, 0.5) is 0 Å². The summed E-state index contributed by atoms with van der Waals surface area (Å²) in [6.45, 7) is 0.0324. The van der Waals surface area contributed by atoms with E-state index in [0.29, 0.717) is 33.6 Å². The second kappa shape index (κ2) is 6.73. The van der Waals surface area contributed by atoms with Gasteiger partial charge in [0, 0.05) is 0 Å². The molecule has 4 amide bonds. The van der Waals surface area contributed by atoms with Crippen molar-refractivity contribution >= 4 is 23.6 Å². The van der Waals surface area contributed by atoms with E-state index in [4.69, 9.17) is 0 Å². The lowest BCUT2D eigenvalue weighted by Gasteiger charge is -2.16. The minimum absolute atomic E-state index is 0.0162. The number of rotatable bonds is 4. The van der Waals surface area contributed by atoms with Crippen LogP contribution in [0.1, 0.15) is 52.8 Å². The minimum Gasteiger partial charge on any atom is -0.269 e. The first-order chi connectivity index (χ1) is 14.5. The summed E-state index contributed by atoms with van der Waals surface area (Å²) in [7, 11) is 0. The van der Waals surface area contributed by atoms with Crippen molar-refractivity contribution in [2.45, 2.75) is 13.1 Å². The lowest BCUT2D eigenvalue weighted by Crippen LogP contribution is -2.31. The standard InChI is InChI=1S/C23H15N3O4/c27-20-16-8-1-2-9-17(16)21(28)25(20)12-14-6-5-7-15(24-14)13-26-22(29)18-10-3-4-11-19(18)23(26)30/h1-11H,12-13H2. The fraction of sp³-hybridized carbons (Fsp3) is 0.0870. The first kappa shape index (κ1) is 17.9. The normalized spacial score (nSPS) is 15.1. The van der Waals surface area contributed by atoms with E-state index in [0.717, 1.165) is 9.80 Å². The van der Waals surface area contributed by atoms with Crippen molar-refractivity contribution in [1.82, 2.24) is 14.8 Å². The molecule has 146 valence electrons. The van der Waals surface area contributed by atoms with Crippen molar-refractivity contribution in [2.75, 3.05) is 0 Å². The van der Waals surface area contributed by atoms with E-state index in [1.165, 1.54) is 0 Å². The van der Waals surface area contributed by atoms with Crippen LogP contribution < -0.4 is 0 Å². The molecule has 30 heavy (non-hydrogen) atoms. The Morgan fingerprint density at radius 2 is 0.833 bits per heavy atom. The van der Waals surface area contributed by atoms with E-state index in [2.05, 4.69) is 4.98 Å². The average molecular weight is 397 g/mol. The van der Waals surface area contributed by atoms with Crippen LogP contribution in [0.2, 0.25) is 0 Å². The highest BCUT2D eigenvalue weighted by molar-refractivity contribution is 6.22. The number of amides is 4. The second-order valence-corrected chi connectivity index (χ2v) is 7.10. The molecule has 0 aliphatic carbocycles. The third-order valence-corrected chi connectivity index (χ3v) is 5.26. The van der Waals surface area contributed by atoms with Crippen molar-refractivity contribution < 1.29 is 19.2 Å². The van der Waals surface area contributed by atoms with E-state index in [1.807, 2.05) is 0 Å². The molecule has 7 nitrogen and oxygen atoms in total. The predicted molar refractivity (Wildman–Crippen MR) is 106 cm³/mol. The summed E-state index contributed by atoms with van der Waals surface area (Å²) in [6.07, 6.45) is 0.